The minimum atomic E-state index is -0.487. The van der Waals surface area contributed by atoms with Gasteiger partial charge in [0.1, 0.15) is 10.9 Å². The summed E-state index contributed by atoms with van der Waals surface area (Å²) in [5.41, 5.74) is 5.41. The van der Waals surface area contributed by atoms with Crippen LogP contribution in [0.15, 0.2) is 47.7 Å². The van der Waals surface area contributed by atoms with Crippen LogP contribution < -0.4 is 10.2 Å². The van der Waals surface area contributed by atoms with Crippen LogP contribution in [0.2, 0.25) is 5.15 Å². The minimum Gasteiger partial charge on any atom is -0.495 e. The standard InChI is InChI=1S/C20H18ClN5O4/c1-12-9-14(11-23-24-20(27)16-5-4-8-22-19(16)21)13(2)25(12)17-10-15(26(28)29)6-7-18(17)30-3/h4-11H,1-3H3,(H,24,27). The maximum Gasteiger partial charge on any atom is 0.274 e. The molecule has 0 radical (unpaired) electrons. The molecule has 1 aromatic carbocycles. The number of pyridine rings is 1. The topological polar surface area (TPSA) is 112 Å². The van der Waals surface area contributed by atoms with Crippen molar-refractivity contribution >= 4 is 29.4 Å². The van der Waals surface area contributed by atoms with Gasteiger partial charge in [-0.15, -0.1) is 0 Å². The summed E-state index contributed by atoms with van der Waals surface area (Å²) in [6.07, 6.45) is 2.98. The summed E-state index contributed by atoms with van der Waals surface area (Å²) in [5.74, 6) is 0.00363. The van der Waals surface area contributed by atoms with E-state index >= 15 is 0 Å². The highest BCUT2D eigenvalue weighted by Gasteiger charge is 2.17. The molecule has 1 N–H and O–H groups in total. The molecule has 9 nitrogen and oxygen atoms in total. The Kier molecular flexibility index (Phi) is 6.12. The molecule has 0 saturated heterocycles. The summed E-state index contributed by atoms with van der Waals surface area (Å²) in [6.45, 7) is 3.70. The van der Waals surface area contributed by atoms with E-state index in [1.54, 1.807) is 18.2 Å². The fourth-order valence-electron chi connectivity index (χ4n) is 3.03. The summed E-state index contributed by atoms with van der Waals surface area (Å²) in [5, 5.41) is 15.3. The zero-order valence-electron chi connectivity index (χ0n) is 16.4. The zero-order valence-corrected chi connectivity index (χ0v) is 17.2. The summed E-state index contributed by atoms with van der Waals surface area (Å²) in [6, 6.07) is 9.38. The van der Waals surface area contributed by atoms with Crippen LogP contribution in [0.1, 0.15) is 27.3 Å². The number of methoxy groups -OCH3 is 1. The second-order valence-corrected chi connectivity index (χ2v) is 6.67. The number of nitro benzene ring substituents is 1. The van der Waals surface area contributed by atoms with E-state index in [-0.39, 0.29) is 16.4 Å². The Morgan fingerprint density at radius 3 is 2.77 bits per heavy atom. The molecule has 0 bridgehead atoms. The van der Waals surface area contributed by atoms with Crippen molar-refractivity contribution in [1.29, 1.82) is 0 Å². The number of aromatic nitrogens is 2. The van der Waals surface area contributed by atoms with Crippen LogP contribution in [-0.4, -0.2) is 33.7 Å². The fraction of sp³-hybridized carbons (Fsp3) is 0.150. The highest BCUT2D eigenvalue weighted by atomic mass is 35.5. The van der Waals surface area contributed by atoms with Gasteiger partial charge >= 0.3 is 0 Å². The molecule has 30 heavy (non-hydrogen) atoms. The second kappa shape index (κ2) is 8.75. The molecule has 0 saturated carbocycles. The normalized spacial score (nSPS) is 10.9. The second-order valence-electron chi connectivity index (χ2n) is 6.32. The Morgan fingerprint density at radius 1 is 1.33 bits per heavy atom. The van der Waals surface area contributed by atoms with Crippen molar-refractivity contribution in [1.82, 2.24) is 15.0 Å². The molecule has 1 amide bonds. The average molecular weight is 428 g/mol. The number of hydrazone groups is 1. The third-order valence-electron chi connectivity index (χ3n) is 4.46. The lowest BCUT2D eigenvalue weighted by Gasteiger charge is -2.13. The summed E-state index contributed by atoms with van der Waals surface area (Å²) >= 11 is 5.91. The van der Waals surface area contributed by atoms with E-state index in [0.717, 1.165) is 17.0 Å². The number of nitrogens with one attached hydrogen (secondary N) is 1. The molecule has 0 atom stereocenters. The van der Waals surface area contributed by atoms with Crippen LogP contribution in [0.5, 0.6) is 5.75 Å². The van der Waals surface area contributed by atoms with Gasteiger partial charge in [0.15, 0.2) is 0 Å². The molecule has 0 aliphatic rings. The van der Waals surface area contributed by atoms with Crippen molar-refractivity contribution in [2.45, 2.75) is 13.8 Å². The van der Waals surface area contributed by atoms with Gasteiger partial charge in [-0.2, -0.15) is 5.10 Å². The third kappa shape index (κ3) is 4.15. The monoisotopic (exact) mass is 427 g/mol. The van der Waals surface area contributed by atoms with Crippen LogP contribution in [0.25, 0.3) is 5.69 Å². The van der Waals surface area contributed by atoms with E-state index in [1.807, 2.05) is 24.5 Å². The molecule has 2 heterocycles. The van der Waals surface area contributed by atoms with Gasteiger partial charge in [-0.1, -0.05) is 11.6 Å². The molecule has 0 aliphatic heterocycles. The Balaban J connectivity index is 1.91. The number of carbonyl (C=O) groups is 1. The zero-order chi connectivity index (χ0) is 21.8. The van der Waals surface area contributed by atoms with Crippen LogP contribution in [-0.2, 0) is 0 Å². The Hall–Kier alpha value is -3.72. The molecule has 2 aromatic heterocycles. The number of rotatable bonds is 6. The molecule has 154 valence electrons. The van der Waals surface area contributed by atoms with Gasteiger partial charge in [0.2, 0.25) is 0 Å². The highest BCUT2D eigenvalue weighted by Crippen LogP contribution is 2.31. The summed E-state index contributed by atoms with van der Waals surface area (Å²) < 4.78 is 7.20. The predicted molar refractivity (Wildman–Crippen MR) is 113 cm³/mol. The number of benzene rings is 1. The number of carbonyl (C=O) groups excluding carboxylic acids is 1. The largest absolute Gasteiger partial charge is 0.495 e. The molecular formula is C20H18ClN5O4. The summed E-state index contributed by atoms with van der Waals surface area (Å²) in [7, 11) is 1.50. The van der Waals surface area contributed by atoms with Crippen LogP contribution >= 0.6 is 11.6 Å². The molecular weight excluding hydrogens is 410 g/mol. The van der Waals surface area contributed by atoms with E-state index < -0.39 is 10.8 Å². The van der Waals surface area contributed by atoms with Crippen molar-refractivity contribution in [3.8, 4) is 11.4 Å². The highest BCUT2D eigenvalue weighted by molar-refractivity contribution is 6.32. The first-order valence-electron chi connectivity index (χ1n) is 8.79. The maximum absolute atomic E-state index is 12.2. The minimum absolute atomic E-state index is 0.0471. The first-order valence-corrected chi connectivity index (χ1v) is 9.17. The first-order chi connectivity index (χ1) is 14.3. The smallest absolute Gasteiger partial charge is 0.274 e. The average Bonchev–Trinajstić information content (AvgIpc) is 3.00. The Bertz CT molecular complexity index is 1160. The quantitative estimate of drug-likeness (QED) is 0.278. The van der Waals surface area contributed by atoms with Gasteiger partial charge in [0, 0.05) is 35.3 Å². The van der Waals surface area contributed by atoms with E-state index in [4.69, 9.17) is 16.3 Å². The number of amides is 1. The van der Waals surface area contributed by atoms with Crippen molar-refractivity contribution in [3.63, 3.8) is 0 Å². The molecule has 0 fully saturated rings. The number of nitro groups is 1. The molecule has 10 heteroatoms. The number of hydrogen-bond acceptors (Lipinski definition) is 6. The lowest BCUT2D eigenvalue weighted by Crippen LogP contribution is -2.18. The lowest BCUT2D eigenvalue weighted by molar-refractivity contribution is -0.384. The van der Waals surface area contributed by atoms with Gasteiger partial charge in [0.25, 0.3) is 11.6 Å². The van der Waals surface area contributed by atoms with Crippen LogP contribution in [0.3, 0.4) is 0 Å². The van der Waals surface area contributed by atoms with Gasteiger partial charge in [-0.05, 0) is 38.1 Å². The fourth-order valence-corrected chi connectivity index (χ4v) is 3.24. The number of halogens is 1. The number of ether oxygens (including phenoxy) is 1. The van der Waals surface area contributed by atoms with Gasteiger partial charge in [-0.3, -0.25) is 14.9 Å². The molecule has 0 unspecified atom stereocenters. The van der Waals surface area contributed by atoms with E-state index in [1.165, 1.54) is 31.7 Å². The van der Waals surface area contributed by atoms with Gasteiger partial charge in [0.05, 0.1) is 29.5 Å². The van der Waals surface area contributed by atoms with Gasteiger partial charge < -0.3 is 9.30 Å². The SMILES string of the molecule is COc1ccc([N+](=O)[O-])cc1-n1c(C)cc(C=NNC(=O)c2cccnc2Cl)c1C. The number of hydrogen-bond donors (Lipinski definition) is 1. The Morgan fingerprint density at radius 2 is 2.10 bits per heavy atom. The predicted octanol–water partition coefficient (Wildman–Crippen LogP) is 3.82. The molecule has 0 spiro atoms. The van der Waals surface area contributed by atoms with Crippen molar-refractivity contribution in [2.24, 2.45) is 5.10 Å². The van der Waals surface area contributed by atoms with Crippen LogP contribution in [0.4, 0.5) is 5.69 Å². The number of aryl methyl sites for hydroxylation is 1. The summed E-state index contributed by atoms with van der Waals surface area (Å²) in [4.78, 5) is 26.8. The van der Waals surface area contributed by atoms with Crippen molar-refractivity contribution in [3.05, 3.63) is 80.4 Å². The van der Waals surface area contributed by atoms with E-state index in [2.05, 4.69) is 15.5 Å². The first kappa shape index (κ1) is 21.0. The third-order valence-corrected chi connectivity index (χ3v) is 4.76. The van der Waals surface area contributed by atoms with Crippen LogP contribution in [0, 0.1) is 24.0 Å². The van der Waals surface area contributed by atoms with Gasteiger partial charge in [-0.25, -0.2) is 10.4 Å². The molecule has 0 aliphatic carbocycles. The van der Waals surface area contributed by atoms with E-state index in [0.29, 0.717) is 11.4 Å². The van der Waals surface area contributed by atoms with Crippen molar-refractivity contribution in [2.75, 3.05) is 7.11 Å². The number of non-ortho nitro benzene ring substituents is 1. The van der Waals surface area contributed by atoms with E-state index in [9.17, 15) is 14.9 Å². The number of nitrogens with zero attached hydrogens (tertiary/aromatic N) is 4. The lowest BCUT2D eigenvalue weighted by atomic mass is 10.2. The Labute approximate surface area is 177 Å². The molecule has 3 rings (SSSR count). The molecule has 3 aromatic rings. The maximum atomic E-state index is 12.2. The van der Waals surface area contributed by atoms with Crippen molar-refractivity contribution < 1.29 is 14.5 Å².